The lowest BCUT2D eigenvalue weighted by Gasteiger charge is -2.35. The summed E-state index contributed by atoms with van der Waals surface area (Å²) < 4.78 is 13.4. The van der Waals surface area contributed by atoms with Crippen molar-refractivity contribution in [1.82, 2.24) is 14.8 Å². The van der Waals surface area contributed by atoms with Gasteiger partial charge in [0, 0.05) is 29.5 Å². The number of nitrogens with one attached hydrogen (secondary N) is 1. The maximum atomic E-state index is 13.4. The first-order valence-electron chi connectivity index (χ1n) is 8.93. The van der Waals surface area contributed by atoms with Crippen LogP contribution in [0, 0.1) is 5.82 Å². The highest BCUT2D eigenvalue weighted by atomic mass is 19.1. The van der Waals surface area contributed by atoms with Gasteiger partial charge in [-0.2, -0.15) is 0 Å². The maximum Gasteiger partial charge on any atom is 0.270 e. The second-order valence-electron chi connectivity index (χ2n) is 7.17. The Kier molecular flexibility index (Phi) is 4.04. The summed E-state index contributed by atoms with van der Waals surface area (Å²) in [5.74, 6) is -0.225. The van der Waals surface area contributed by atoms with Gasteiger partial charge in [0.05, 0.1) is 0 Å². The molecule has 4 rings (SSSR count). The topological polar surface area (TPSA) is 39.3 Å². The summed E-state index contributed by atoms with van der Waals surface area (Å²) in [4.78, 5) is 20.7. The predicted octanol–water partition coefficient (Wildman–Crippen LogP) is 3.40. The lowest BCUT2D eigenvalue weighted by Crippen LogP contribution is -2.46. The third-order valence-electron chi connectivity index (χ3n) is 5.66. The number of nitrogens with zero attached hydrogens (tertiary/aromatic N) is 2. The molecule has 3 heterocycles. The van der Waals surface area contributed by atoms with E-state index in [4.69, 9.17) is 0 Å². The number of rotatable bonds is 1. The molecule has 1 aromatic carbocycles. The average molecular weight is 329 g/mol. The minimum Gasteiger partial charge on any atom is -0.351 e. The fourth-order valence-electron chi connectivity index (χ4n) is 4.38. The van der Waals surface area contributed by atoms with Crippen LogP contribution in [0.5, 0.6) is 0 Å². The molecule has 24 heavy (non-hydrogen) atoms. The Bertz CT molecular complexity index is 756. The molecule has 0 bridgehead atoms. The van der Waals surface area contributed by atoms with Crippen LogP contribution in [0.1, 0.15) is 42.6 Å². The first-order chi connectivity index (χ1) is 11.6. The number of hydrogen-bond acceptors (Lipinski definition) is 2. The smallest absolute Gasteiger partial charge is 0.270 e. The van der Waals surface area contributed by atoms with Gasteiger partial charge in [0.1, 0.15) is 11.5 Å². The Hall–Kier alpha value is -1.88. The molecular formula is C19H24FN3O. The number of amides is 1. The number of carbonyl (C=O) groups excluding carboxylic acids is 1. The van der Waals surface area contributed by atoms with E-state index < -0.39 is 0 Å². The molecule has 2 aliphatic rings. The lowest BCUT2D eigenvalue weighted by atomic mass is 9.97. The number of fused-ring (bicyclic) bond motifs is 2. The zero-order valence-electron chi connectivity index (χ0n) is 14.1. The molecule has 2 aromatic rings. The standard InChI is InChI=1S/C19H24FN3O/c1-22-9-4-2-3-5-18-17(22)8-10-23(18)19(24)16-12-13-11-14(20)6-7-15(13)21-16/h6-7,11-12,17-18,21H,2-5,8-10H2,1H3/t17-,18+/m0/s1. The fourth-order valence-corrected chi connectivity index (χ4v) is 4.38. The van der Waals surface area contributed by atoms with Crippen molar-refractivity contribution in [3.8, 4) is 0 Å². The number of likely N-dealkylation sites (tertiary alicyclic amines) is 2. The van der Waals surface area contributed by atoms with E-state index in [-0.39, 0.29) is 11.7 Å². The average Bonchev–Trinajstić information content (AvgIpc) is 3.15. The van der Waals surface area contributed by atoms with Crippen molar-refractivity contribution in [2.75, 3.05) is 20.1 Å². The molecule has 0 aliphatic carbocycles. The van der Waals surface area contributed by atoms with Crippen LogP contribution in [-0.4, -0.2) is 52.9 Å². The van der Waals surface area contributed by atoms with E-state index >= 15 is 0 Å². The molecule has 2 aliphatic heterocycles. The number of aromatic nitrogens is 1. The summed E-state index contributed by atoms with van der Waals surface area (Å²) in [5.41, 5.74) is 1.38. The Morgan fingerprint density at radius 2 is 2.00 bits per heavy atom. The Labute approximate surface area is 141 Å². The van der Waals surface area contributed by atoms with Crippen LogP contribution < -0.4 is 0 Å². The summed E-state index contributed by atoms with van der Waals surface area (Å²) in [5, 5.41) is 0.754. The van der Waals surface area contributed by atoms with Crippen molar-refractivity contribution in [2.24, 2.45) is 0 Å². The van der Waals surface area contributed by atoms with E-state index in [9.17, 15) is 9.18 Å². The molecule has 1 N–H and O–H groups in total. The first-order valence-corrected chi connectivity index (χ1v) is 8.93. The second-order valence-corrected chi connectivity index (χ2v) is 7.17. The number of benzene rings is 1. The number of hydrogen-bond donors (Lipinski definition) is 1. The van der Waals surface area contributed by atoms with Gasteiger partial charge in [-0.05, 0) is 57.1 Å². The molecule has 128 valence electrons. The minimum atomic E-state index is -0.275. The van der Waals surface area contributed by atoms with Crippen molar-refractivity contribution in [3.63, 3.8) is 0 Å². The van der Waals surface area contributed by atoms with Crippen molar-refractivity contribution in [1.29, 1.82) is 0 Å². The van der Waals surface area contributed by atoms with Crippen LogP contribution in [0.2, 0.25) is 0 Å². The number of halogens is 1. The molecule has 2 atom stereocenters. The normalized spacial score (nSPS) is 25.5. The van der Waals surface area contributed by atoms with Gasteiger partial charge in [-0.15, -0.1) is 0 Å². The Morgan fingerprint density at radius 1 is 1.12 bits per heavy atom. The van der Waals surface area contributed by atoms with Crippen LogP contribution in [-0.2, 0) is 0 Å². The third kappa shape index (κ3) is 2.71. The van der Waals surface area contributed by atoms with Crippen molar-refractivity contribution < 1.29 is 9.18 Å². The summed E-state index contributed by atoms with van der Waals surface area (Å²) in [6, 6.07) is 7.13. The zero-order valence-corrected chi connectivity index (χ0v) is 14.1. The van der Waals surface area contributed by atoms with E-state index in [1.165, 1.54) is 31.4 Å². The molecule has 1 amide bonds. The van der Waals surface area contributed by atoms with Crippen molar-refractivity contribution in [2.45, 2.75) is 44.2 Å². The maximum absolute atomic E-state index is 13.4. The number of aromatic amines is 1. The molecule has 2 fully saturated rings. The van der Waals surface area contributed by atoms with Gasteiger partial charge in [-0.25, -0.2) is 4.39 Å². The molecular weight excluding hydrogens is 305 g/mol. The number of carbonyl (C=O) groups is 1. The molecule has 5 heteroatoms. The summed E-state index contributed by atoms with van der Waals surface area (Å²) in [7, 11) is 2.18. The molecule has 0 saturated carbocycles. The molecule has 4 nitrogen and oxygen atoms in total. The van der Waals surface area contributed by atoms with Crippen molar-refractivity contribution in [3.05, 3.63) is 35.8 Å². The van der Waals surface area contributed by atoms with Gasteiger partial charge >= 0.3 is 0 Å². The molecule has 0 spiro atoms. The van der Waals surface area contributed by atoms with E-state index in [1.54, 1.807) is 12.1 Å². The largest absolute Gasteiger partial charge is 0.351 e. The van der Waals surface area contributed by atoms with Crippen LogP contribution in [0.3, 0.4) is 0 Å². The van der Waals surface area contributed by atoms with Gasteiger partial charge in [-0.3, -0.25) is 4.79 Å². The number of likely N-dealkylation sites (N-methyl/N-ethyl adjacent to an activating group) is 1. The lowest BCUT2D eigenvalue weighted by molar-refractivity contribution is 0.0665. The summed E-state index contributed by atoms with van der Waals surface area (Å²) in [6.07, 6.45) is 5.80. The molecule has 1 aromatic heterocycles. The van der Waals surface area contributed by atoms with Crippen LogP contribution >= 0.6 is 0 Å². The van der Waals surface area contributed by atoms with Crippen molar-refractivity contribution >= 4 is 16.8 Å². The van der Waals surface area contributed by atoms with Crippen LogP contribution in [0.15, 0.2) is 24.3 Å². The Morgan fingerprint density at radius 3 is 2.88 bits per heavy atom. The quantitative estimate of drug-likeness (QED) is 0.871. The Balaban J connectivity index is 1.60. The van der Waals surface area contributed by atoms with Gasteiger partial charge in [0.2, 0.25) is 0 Å². The van der Waals surface area contributed by atoms with Gasteiger partial charge < -0.3 is 14.8 Å². The first kappa shape index (κ1) is 15.6. The van der Waals surface area contributed by atoms with E-state index in [0.717, 1.165) is 36.8 Å². The van der Waals surface area contributed by atoms with Crippen LogP contribution in [0.25, 0.3) is 10.9 Å². The predicted molar refractivity (Wildman–Crippen MR) is 92.6 cm³/mol. The van der Waals surface area contributed by atoms with E-state index in [0.29, 0.717) is 17.8 Å². The molecule has 2 saturated heterocycles. The van der Waals surface area contributed by atoms with E-state index in [1.807, 2.05) is 4.90 Å². The van der Waals surface area contributed by atoms with Gasteiger partial charge in [0.15, 0.2) is 0 Å². The third-order valence-corrected chi connectivity index (χ3v) is 5.66. The highest BCUT2D eigenvalue weighted by Crippen LogP contribution is 2.30. The highest BCUT2D eigenvalue weighted by Gasteiger charge is 2.39. The summed E-state index contributed by atoms with van der Waals surface area (Å²) >= 11 is 0. The van der Waals surface area contributed by atoms with E-state index in [2.05, 4.69) is 16.9 Å². The van der Waals surface area contributed by atoms with Gasteiger partial charge in [-0.1, -0.05) is 12.8 Å². The zero-order chi connectivity index (χ0) is 16.7. The summed E-state index contributed by atoms with van der Waals surface area (Å²) in [6.45, 7) is 1.93. The minimum absolute atomic E-state index is 0.0491. The molecule has 0 unspecified atom stereocenters. The molecule has 0 radical (unpaired) electrons. The SMILES string of the molecule is CN1CCCCC[C@@H]2[C@@H]1CCN2C(=O)c1cc2cc(F)ccc2[nH]1. The monoisotopic (exact) mass is 329 g/mol. The van der Waals surface area contributed by atoms with Gasteiger partial charge in [0.25, 0.3) is 5.91 Å². The number of H-pyrrole nitrogens is 1. The fraction of sp³-hybridized carbons (Fsp3) is 0.526. The second kappa shape index (κ2) is 6.20. The highest BCUT2D eigenvalue weighted by molar-refractivity contribution is 5.98. The van der Waals surface area contributed by atoms with Crippen LogP contribution in [0.4, 0.5) is 4.39 Å².